The lowest BCUT2D eigenvalue weighted by Crippen LogP contribution is -2.27. The monoisotopic (exact) mass is 618 g/mol. The Labute approximate surface area is 216 Å². The lowest BCUT2D eigenvalue weighted by molar-refractivity contribution is -0.274. The molecule has 3 rings (SSSR count). The fourth-order valence-corrected chi connectivity index (χ4v) is 4.88. The largest absolute Gasteiger partial charge is 0.573 e. The van der Waals surface area contributed by atoms with Crippen LogP contribution < -0.4 is 21.1 Å². The van der Waals surface area contributed by atoms with E-state index in [2.05, 4.69) is 20.4 Å². The van der Waals surface area contributed by atoms with Gasteiger partial charge in [0.05, 0.1) is 30.6 Å². The lowest BCUT2D eigenvalue weighted by atomic mass is 10.1. The van der Waals surface area contributed by atoms with Gasteiger partial charge in [-0.2, -0.15) is 0 Å². The molecule has 8 nitrogen and oxygen atoms in total. The Bertz CT molecular complexity index is 1110. The van der Waals surface area contributed by atoms with Crippen molar-refractivity contribution in [3.8, 4) is 5.75 Å². The Balaban J connectivity index is 1.53. The molecule has 0 atom stereocenters. The van der Waals surface area contributed by atoms with Crippen molar-refractivity contribution in [2.75, 3.05) is 44.8 Å². The van der Waals surface area contributed by atoms with Gasteiger partial charge in [-0.25, -0.2) is 4.99 Å². The summed E-state index contributed by atoms with van der Waals surface area (Å²) in [5.74, 6) is 0.0416. The van der Waals surface area contributed by atoms with Crippen LogP contribution in [0.5, 0.6) is 5.75 Å². The van der Waals surface area contributed by atoms with Crippen LogP contribution in [0.1, 0.15) is 15.9 Å². The van der Waals surface area contributed by atoms with Crippen molar-refractivity contribution in [3.05, 3.63) is 71.6 Å². The third-order valence-electron chi connectivity index (χ3n) is 4.54. The molecule has 0 aliphatic carbocycles. The minimum atomic E-state index is -4.74. The molecular formula is C24H26F3IN4O4. The summed E-state index contributed by atoms with van der Waals surface area (Å²) in [6.07, 6.45) is -2.86. The number of hydrogen-bond acceptors (Lipinski definition) is 7. The fraction of sp³-hybridized carbons (Fsp3) is 0.292. The summed E-state index contributed by atoms with van der Waals surface area (Å²) in [4.78, 5) is 16.9. The molecule has 0 unspecified atom stereocenters. The highest BCUT2D eigenvalue weighted by molar-refractivity contribution is 14.2. The van der Waals surface area contributed by atoms with Crippen molar-refractivity contribution < 1.29 is 32.2 Å². The van der Waals surface area contributed by atoms with Crippen LogP contribution in [0.15, 0.2) is 65.4 Å². The van der Waals surface area contributed by atoms with Gasteiger partial charge >= 0.3 is 6.36 Å². The number of anilines is 1. The Morgan fingerprint density at radius 3 is 2.50 bits per heavy atom. The fourth-order valence-electron chi connectivity index (χ4n) is 2.97. The number of alkyl halides is 3. The SMILES string of the molecule is NCCOCCOCCNC(=O)c1cccc(C2=IC=NC(Nc3ccc(OC(F)(F)F)cc3)=C2)c1. The number of halogens is 4. The number of carbonyl (C=O) groups excluding carboxylic acids is 1. The zero-order chi connectivity index (χ0) is 25.8. The molecular weight excluding hydrogens is 592 g/mol. The molecule has 0 aromatic heterocycles. The van der Waals surface area contributed by atoms with E-state index < -0.39 is 27.1 Å². The van der Waals surface area contributed by atoms with Gasteiger partial charge in [0, 0.05) is 27.8 Å². The van der Waals surface area contributed by atoms with E-state index in [0.29, 0.717) is 56.6 Å². The van der Waals surface area contributed by atoms with Crippen LogP contribution in [0.3, 0.4) is 0 Å². The van der Waals surface area contributed by atoms with Crippen LogP contribution in [0.4, 0.5) is 18.9 Å². The molecule has 1 heterocycles. The van der Waals surface area contributed by atoms with Crippen molar-refractivity contribution in [1.82, 2.24) is 5.32 Å². The molecule has 2 aromatic rings. The predicted molar refractivity (Wildman–Crippen MR) is 141 cm³/mol. The van der Waals surface area contributed by atoms with Crippen LogP contribution in [-0.4, -0.2) is 59.5 Å². The van der Waals surface area contributed by atoms with Gasteiger partial charge in [0.2, 0.25) is 0 Å². The van der Waals surface area contributed by atoms with Gasteiger partial charge in [0.15, 0.2) is 0 Å². The molecule has 0 bridgehead atoms. The number of benzene rings is 2. The van der Waals surface area contributed by atoms with Crippen LogP contribution >= 0.6 is 20.7 Å². The first-order valence-corrected chi connectivity index (χ1v) is 13.3. The van der Waals surface area contributed by atoms with Crippen molar-refractivity contribution in [1.29, 1.82) is 0 Å². The Kier molecular flexibility index (Phi) is 10.8. The summed E-state index contributed by atoms with van der Waals surface area (Å²) >= 11 is -0.519. The second-order valence-corrected chi connectivity index (χ2v) is 9.60. The first-order chi connectivity index (χ1) is 17.3. The Morgan fingerprint density at radius 1 is 1.03 bits per heavy atom. The molecule has 12 heteroatoms. The summed E-state index contributed by atoms with van der Waals surface area (Å²) in [7, 11) is 0. The second-order valence-electron chi connectivity index (χ2n) is 7.26. The predicted octanol–water partition coefficient (Wildman–Crippen LogP) is 3.79. The first-order valence-electron chi connectivity index (χ1n) is 11.0. The van der Waals surface area contributed by atoms with Gasteiger partial charge in [0.25, 0.3) is 5.91 Å². The number of nitrogens with zero attached hydrogens (tertiary/aromatic N) is 1. The number of allylic oxidation sites excluding steroid dienone is 1. The molecule has 0 saturated heterocycles. The standard InChI is InChI=1S/C24H26F3IN4O4/c25-24(26,27)36-20-6-4-19(5-7-20)32-22-15-21(28-16-31-22)17-2-1-3-18(14-17)23(33)30-9-11-35-13-12-34-10-8-29/h1-7,14-16H,8-13,29H2,(H,30,33)(H,31,32). The highest BCUT2D eigenvalue weighted by Gasteiger charge is 2.30. The van der Waals surface area contributed by atoms with Gasteiger partial charge in [0.1, 0.15) is 11.6 Å². The maximum Gasteiger partial charge on any atom is 0.573 e. The van der Waals surface area contributed by atoms with Gasteiger partial charge in [-0.1, -0.05) is 32.9 Å². The third kappa shape index (κ3) is 9.68. The summed E-state index contributed by atoms with van der Waals surface area (Å²) in [5.41, 5.74) is 7.34. The Morgan fingerprint density at radius 2 is 1.78 bits per heavy atom. The highest BCUT2D eigenvalue weighted by atomic mass is 127. The van der Waals surface area contributed by atoms with E-state index in [-0.39, 0.29) is 11.7 Å². The number of hydrogen-bond donors (Lipinski definition) is 3. The lowest BCUT2D eigenvalue weighted by Gasteiger charge is -2.13. The zero-order valence-corrected chi connectivity index (χ0v) is 21.3. The van der Waals surface area contributed by atoms with E-state index in [1.54, 1.807) is 6.07 Å². The number of rotatable bonds is 13. The van der Waals surface area contributed by atoms with Gasteiger partial charge in [-0.3, -0.25) is 4.79 Å². The quantitative estimate of drug-likeness (QED) is 0.233. The molecule has 0 saturated carbocycles. The molecule has 36 heavy (non-hydrogen) atoms. The normalized spacial score (nSPS) is 13.3. The van der Waals surface area contributed by atoms with Crippen molar-refractivity contribution in [2.45, 2.75) is 6.36 Å². The van der Waals surface area contributed by atoms with E-state index >= 15 is 0 Å². The summed E-state index contributed by atoms with van der Waals surface area (Å²) in [6.45, 7) is 2.59. The van der Waals surface area contributed by atoms with Crippen molar-refractivity contribution in [3.63, 3.8) is 0 Å². The summed E-state index contributed by atoms with van der Waals surface area (Å²) in [5, 5.41) is 5.91. The molecule has 0 fully saturated rings. The van der Waals surface area contributed by atoms with E-state index in [1.165, 1.54) is 24.3 Å². The number of carbonyl (C=O) groups is 1. The molecule has 1 aliphatic rings. The first kappa shape index (κ1) is 27.8. The van der Waals surface area contributed by atoms with Gasteiger partial charge < -0.3 is 30.6 Å². The number of nitrogens with two attached hydrogens (primary N) is 1. The number of ether oxygens (including phenoxy) is 3. The molecule has 4 N–H and O–H groups in total. The topological polar surface area (TPSA) is 107 Å². The third-order valence-corrected chi connectivity index (χ3v) is 6.71. The molecule has 0 radical (unpaired) electrons. The summed E-state index contributed by atoms with van der Waals surface area (Å²) < 4.78 is 54.4. The maximum atomic E-state index is 12.5. The zero-order valence-electron chi connectivity index (χ0n) is 19.2. The average molecular weight is 618 g/mol. The van der Waals surface area contributed by atoms with Crippen LogP contribution in [0, 0.1) is 0 Å². The summed E-state index contributed by atoms with van der Waals surface area (Å²) in [6, 6.07) is 12.7. The molecule has 0 spiro atoms. The number of aliphatic imine (C=N–C) groups is 1. The number of nitrogens with one attached hydrogen (secondary N) is 2. The van der Waals surface area contributed by atoms with E-state index in [1.807, 2.05) is 28.5 Å². The van der Waals surface area contributed by atoms with Gasteiger partial charge in [-0.15, -0.1) is 13.2 Å². The number of amides is 1. The average Bonchev–Trinajstić information content (AvgIpc) is 2.86. The highest BCUT2D eigenvalue weighted by Crippen LogP contribution is 2.25. The van der Waals surface area contributed by atoms with Crippen molar-refractivity contribution in [2.24, 2.45) is 10.7 Å². The van der Waals surface area contributed by atoms with Crippen molar-refractivity contribution >= 4 is 40.1 Å². The minimum Gasteiger partial charge on any atom is -0.406 e. The minimum absolute atomic E-state index is 0.202. The smallest absolute Gasteiger partial charge is 0.406 e. The van der Waals surface area contributed by atoms with Crippen LogP contribution in [0.25, 0.3) is 0 Å². The van der Waals surface area contributed by atoms with E-state index in [0.717, 1.165) is 9.07 Å². The van der Waals surface area contributed by atoms with E-state index in [9.17, 15) is 18.0 Å². The maximum absolute atomic E-state index is 12.5. The van der Waals surface area contributed by atoms with Crippen LogP contribution in [-0.2, 0) is 9.47 Å². The van der Waals surface area contributed by atoms with E-state index in [4.69, 9.17) is 15.2 Å². The Hall–Kier alpha value is -2.81. The van der Waals surface area contributed by atoms with Crippen LogP contribution in [0.2, 0.25) is 0 Å². The molecule has 2 aromatic carbocycles. The molecule has 1 aliphatic heterocycles. The molecule has 1 amide bonds. The molecule has 194 valence electrons. The second kappa shape index (κ2) is 14.1. The van der Waals surface area contributed by atoms with Gasteiger partial charge in [-0.05, 0) is 48.0 Å².